The van der Waals surface area contributed by atoms with Crippen molar-refractivity contribution in [1.29, 1.82) is 0 Å². The molecule has 2 aromatic carbocycles. The first kappa shape index (κ1) is 25.4. The van der Waals surface area contributed by atoms with Gasteiger partial charge in [0, 0.05) is 23.1 Å². The largest absolute Gasteiger partial charge is 0.463 e. The quantitative estimate of drug-likeness (QED) is 0.191. The van der Waals surface area contributed by atoms with E-state index in [2.05, 4.69) is 4.99 Å². The predicted molar refractivity (Wildman–Crippen MR) is 143 cm³/mol. The number of carbonyl (C=O) groups excluding carboxylic acids is 1. The van der Waals surface area contributed by atoms with Gasteiger partial charge in [-0.2, -0.15) is 0 Å². The van der Waals surface area contributed by atoms with E-state index in [0.29, 0.717) is 31.4 Å². The molecule has 1 aliphatic rings. The smallest absolute Gasteiger partial charge is 0.338 e. The highest BCUT2D eigenvalue weighted by Crippen LogP contribution is 2.32. The van der Waals surface area contributed by atoms with Gasteiger partial charge in [-0.3, -0.25) is 19.5 Å². The number of carbonyl (C=O) groups is 1. The van der Waals surface area contributed by atoms with Crippen LogP contribution < -0.4 is 14.9 Å². The average Bonchev–Trinajstić information content (AvgIpc) is 3.47. The number of nitro benzene ring substituents is 1. The van der Waals surface area contributed by atoms with Gasteiger partial charge in [0.15, 0.2) is 9.89 Å². The van der Waals surface area contributed by atoms with E-state index in [1.807, 2.05) is 36.4 Å². The van der Waals surface area contributed by atoms with Crippen LogP contribution in [0.1, 0.15) is 31.2 Å². The van der Waals surface area contributed by atoms with Crippen molar-refractivity contribution in [3.63, 3.8) is 0 Å². The van der Waals surface area contributed by atoms with Crippen molar-refractivity contribution in [3.8, 4) is 0 Å². The molecule has 0 amide bonds. The lowest BCUT2D eigenvalue weighted by Crippen LogP contribution is -2.39. The van der Waals surface area contributed by atoms with Gasteiger partial charge in [0.2, 0.25) is 0 Å². The molecule has 2 aromatic heterocycles. The molecule has 3 heterocycles. The SMILES string of the molecule is CCOC(=O)C1=C(C)N=c2s/c(=C/c3ccc(Sc4ccccc4)o3)c(=O)n2[C@H]1c1cccc([N+](=O)[O-])c1. The minimum absolute atomic E-state index is 0.128. The lowest BCUT2D eigenvalue weighted by molar-refractivity contribution is -0.384. The number of nitrogens with zero attached hydrogens (tertiary/aromatic N) is 3. The summed E-state index contributed by atoms with van der Waals surface area (Å²) in [7, 11) is 0. The third-order valence-corrected chi connectivity index (χ3v) is 7.66. The summed E-state index contributed by atoms with van der Waals surface area (Å²) in [5, 5.41) is 12.1. The molecule has 5 rings (SSSR count). The number of aromatic nitrogens is 1. The maximum absolute atomic E-state index is 13.7. The van der Waals surface area contributed by atoms with E-state index in [1.165, 1.54) is 34.5 Å². The molecule has 0 saturated carbocycles. The van der Waals surface area contributed by atoms with E-state index in [4.69, 9.17) is 9.15 Å². The second kappa shape index (κ2) is 10.6. The Balaban J connectivity index is 1.61. The molecule has 4 aromatic rings. The molecule has 0 saturated heterocycles. The number of allylic oxidation sites excluding steroid dienone is 1. The van der Waals surface area contributed by atoms with Crippen LogP contribution in [0.5, 0.6) is 0 Å². The minimum Gasteiger partial charge on any atom is -0.463 e. The van der Waals surface area contributed by atoms with Crippen molar-refractivity contribution in [2.45, 2.75) is 29.9 Å². The topological polar surface area (TPSA) is 117 Å². The van der Waals surface area contributed by atoms with Gasteiger partial charge in [-0.25, -0.2) is 9.79 Å². The molecular formula is C27H21N3O6S2. The number of fused-ring (bicyclic) bond motifs is 1. The van der Waals surface area contributed by atoms with Gasteiger partial charge >= 0.3 is 5.97 Å². The number of hydrogen-bond donors (Lipinski definition) is 0. The van der Waals surface area contributed by atoms with Crippen LogP contribution in [-0.2, 0) is 9.53 Å². The van der Waals surface area contributed by atoms with Gasteiger partial charge in [-0.05, 0) is 43.7 Å². The van der Waals surface area contributed by atoms with Crippen LogP contribution in [-0.4, -0.2) is 22.1 Å². The summed E-state index contributed by atoms with van der Waals surface area (Å²) in [4.78, 5) is 43.5. The third kappa shape index (κ3) is 4.98. The van der Waals surface area contributed by atoms with Crippen LogP contribution >= 0.6 is 23.1 Å². The van der Waals surface area contributed by atoms with Gasteiger partial charge in [0.25, 0.3) is 11.2 Å². The molecule has 11 heteroatoms. The van der Waals surface area contributed by atoms with E-state index < -0.39 is 22.5 Å². The van der Waals surface area contributed by atoms with Crippen LogP contribution in [0.25, 0.3) is 6.08 Å². The van der Waals surface area contributed by atoms with Crippen LogP contribution in [0.4, 0.5) is 5.69 Å². The van der Waals surface area contributed by atoms with Gasteiger partial charge in [-0.1, -0.05) is 53.4 Å². The fraction of sp³-hybridized carbons (Fsp3) is 0.148. The second-order valence-corrected chi connectivity index (χ2v) is 10.3. The zero-order valence-corrected chi connectivity index (χ0v) is 22.0. The van der Waals surface area contributed by atoms with Crippen LogP contribution in [0.2, 0.25) is 0 Å². The Labute approximate surface area is 224 Å². The molecule has 0 bridgehead atoms. The molecule has 1 atom stereocenters. The average molecular weight is 548 g/mol. The first-order valence-corrected chi connectivity index (χ1v) is 13.3. The Morgan fingerprint density at radius 1 is 1.21 bits per heavy atom. The highest BCUT2D eigenvalue weighted by molar-refractivity contribution is 7.99. The highest BCUT2D eigenvalue weighted by atomic mass is 32.2. The molecule has 38 heavy (non-hydrogen) atoms. The summed E-state index contributed by atoms with van der Waals surface area (Å²) in [6.07, 6.45) is 1.63. The van der Waals surface area contributed by atoms with Crippen LogP contribution in [0.15, 0.2) is 102 Å². The van der Waals surface area contributed by atoms with Crippen molar-refractivity contribution < 1.29 is 18.9 Å². The summed E-state index contributed by atoms with van der Waals surface area (Å²) >= 11 is 2.61. The number of furan rings is 1. The molecule has 0 spiro atoms. The van der Waals surface area contributed by atoms with Crippen molar-refractivity contribution in [2.24, 2.45) is 4.99 Å². The van der Waals surface area contributed by atoms with Gasteiger partial charge in [0.1, 0.15) is 5.76 Å². The summed E-state index contributed by atoms with van der Waals surface area (Å²) in [5.74, 6) is -0.143. The maximum Gasteiger partial charge on any atom is 0.338 e. The van der Waals surface area contributed by atoms with Crippen molar-refractivity contribution >= 4 is 40.8 Å². The highest BCUT2D eigenvalue weighted by Gasteiger charge is 2.34. The zero-order chi connectivity index (χ0) is 26.8. The van der Waals surface area contributed by atoms with Crippen molar-refractivity contribution in [3.05, 3.63) is 119 Å². The molecule has 0 radical (unpaired) electrons. The number of nitro groups is 1. The summed E-state index contributed by atoms with van der Waals surface area (Å²) in [5.41, 5.74) is 0.400. The van der Waals surface area contributed by atoms with Gasteiger partial charge in [-0.15, -0.1) is 0 Å². The Morgan fingerprint density at radius 2 is 2.00 bits per heavy atom. The Kier molecular flexibility index (Phi) is 7.12. The number of non-ortho nitro benzene ring substituents is 1. The predicted octanol–water partition coefficient (Wildman–Crippen LogP) is 4.45. The second-order valence-electron chi connectivity index (χ2n) is 8.23. The normalized spacial score (nSPS) is 15.2. The molecule has 0 N–H and O–H groups in total. The number of esters is 1. The zero-order valence-electron chi connectivity index (χ0n) is 20.3. The molecule has 0 fully saturated rings. The maximum atomic E-state index is 13.7. The summed E-state index contributed by atoms with van der Waals surface area (Å²) in [6, 6.07) is 18.3. The number of rotatable bonds is 7. The monoisotopic (exact) mass is 547 g/mol. The third-order valence-electron chi connectivity index (χ3n) is 5.75. The molecular weight excluding hydrogens is 526 g/mol. The number of hydrogen-bond acceptors (Lipinski definition) is 9. The first-order valence-electron chi connectivity index (χ1n) is 11.6. The van der Waals surface area contributed by atoms with E-state index in [9.17, 15) is 19.7 Å². The van der Waals surface area contributed by atoms with Gasteiger partial charge in [0.05, 0.1) is 33.4 Å². The fourth-order valence-corrected chi connectivity index (χ4v) is 5.94. The van der Waals surface area contributed by atoms with Crippen LogP contribution in [0.3, 0.4) is 0 Å². The molecule has 192 valence electrons. The van der Waals surface area contributed by atoms with Crippen LogP contribution in [0, 0.1) is 10.1 Å². The summed E-state index contributed by atoms with van der Waals surface area (Å²) < 4.78 is 12.9. The van der Waals surface area contributed by atoms with Gasteiger partial charge < -0.3 is 9.15 Å². The van der Waals surface area contributed by atoms with E-state index in [1.54, 1.807) is 32.1 Å². The minimum atomic E-state index is -0.937. The van der Waals surface area contributed by atoms with Crippen molar-refractivity contribution in [2.75, 3.05) is 6.61 Å². The standard InChI is InChI=1S/C27H21N3O6S2/c1-3-35-26(32)23-16(2)28-27-29(24(23)17-8-7-9-18(14-17)30(33)34)25(31)21(38-27)15-19-12-13-22(36-19)37-20-10-5-4-6-11-20/h4-15,24H,3H2,1-2H3/b21-15+/t24-/m0/s1. The lowest BCUT2D eigenvalue weighted by atomic mass is 9.95. The van der Waals surface area contributed by atoms with E-state index in [-0.39, 0.29) is 17.9 Å². The van der Waals surface area contributed by atoms with E-state index in [0.717, 1.165) is 16.2 Å². The Hall–Kier alpha value is -4.22. The first-order chi connectivity index (χ1) is 18.4. The number of thiazole rings is 1. The lowest BCUT2D eigenvalue weighted by Gasteiger charge is -2.24. The molecule has 1 aliphatic heterocycles. The fourth-order valence-electron chi connectivity index (χ4n) is 4.12. The molecule has 0 unspecified atom stereocenters. The van der Waals surface area contributed by atoms with E-state index >= 15 is 0 Å². The molecule has 9 nitrogen and oxygen atoms in total. The molecule has 0 aliphatic carbocycles. The Bertz CT molecular complexity index is 1750. The van der Waals surface area contributed by atoms with Crippen molar-refractivity contribution in [1.82, 2.24) is 4.57 Å². The summed E-state index contributed by atoms with van der Waals surface area (Å²) in [6.45, 7) is 3.47. The number of ether oxygens (including phenoxy) is 1. The Morgan fingerprint density at radius 3 is 2.74 bits per heavy atom. The number of benzene rings is 2.